The second kappa shape index (κ2) is 8.52. The molecular formula is C18H24N4O5. The summed E-state index contributed by atoms with van der Waals surface area (Å²) in [7, 11) is 0. The Morgan fingerprint density at radius 2 is 1.44 bits per heavy atom. The Balaban J connectivity index is 1.64. The molecule has 9 heteroatoms. The summed E-state index contributed by atoms with van der Waals surface area (Å²) in [5.41, 5.74) is 0.166. The van der Waals surface area contributed by atoms with Crippen molar-refractivity contribution in [2.24, 2.45) is 0 Å². The number of benzene rings is 1. The topological polar surface area (TPSA) is 117 Å². The van der Waals surface area contributed by atoms with Crippen molar-refractivity contribution in [3.63, 3.8) is 0 Å². The van der Waals surface area contributed by atoms with E-state index >= 15 is 0 Å². The number of carbonyl (C=O) groups excluding carboxylic acids is 4. The highest BCUT2D eigenvalue weighted by molar-refractivity contribution is 6.21. The number of amides is 5. The van der Waals surface area contributed by atoms with Crippen LogP contribution in [0.4, 0.5) is 9.59 Å². The molecule has 2 rings (SSSR count). The van der Waals surface area contributed by atoms with Crippen LogP contribution in [-0.4, -0.2) is 60.6 Å². The van der Waals surface area contributed by atoms with E-state index in [1.807, 2.05) is 0 Å². The van der Waals surface area contributed by atoms with Gasteiger partial charge in [0.2, 0.25) is 0 Å². The summed E-state index contributed by atoms with van der Waals surface area (Å²) in [4.78, 5) is 48.6. The largest absolute Gasteiger partial charge is 0.444 e. The van der Waals surface area contributed by atoms with Crippen LogP contribution in [0.15, 0.2) is 24.3 Å². The molecular weight excluding hydrogens is 352 g/mol. The fraction of sp³-hybridized carbons (Fsp3) is 0.444. The van der Waals surface area contributed by atoms with Crippen molar-refractivity contribution in [1.82, 2.24) is 20.9 Å². The molecule has 9 nitrogen and oxygen atoms in total. The molecule has 0 atom stereocenters. The third-order valence-corrected chi connectivity index (χ3v) is 3.58. The zero-order valence-corrected chi connectivity index (χ0v) is 15.6. The van der Waals surface area contributed by atoms with Gasteiger partial charge in [-0.15, -0.1) is 0 Å². The van der Waals surface area contributed by atoms with Crippen molar-refractivity contribution < 1.29 is 23.9 Å². The quantitative estimate of drug-likeness (QED) is 0.508. The number of hydrogen-bond acceptors (Lipinski definition) is 5. The summed E-state index contributed by atoms with van der Waals surface area (Å²) >= 11 is 0. The fourth-order valence-electron chi connectivity index (χ4n) is 2.44. The van der Waals surface area contributed by atoms with E-state index in [4.69, 9.17) is 4.74 Å². The Bertz CT molecular complexity index is 707. The molecule has 0 saturated carbocycles. The van der Waals surface area contributed by atoms with Gasteiger partial charge < -0.3 is 20.7 Å². The predicted octanol–water partition coefficient (Wildman–Crippen LogP) is 1.11. The van der Waals surface area contributed by atoms with Gasteiger partial charge in [0.25, 0.3) is 11.8 Å². The molecule has 0 spiro atoms. The van der Waals surface area contributed by atoms with Crippen LogP contribution in [0.5, 0.6) is 0 Å². The molecule has 1 aromatic carbocycles. The van der Waals surface area contributed by atoms with E-state index in [1.165, 1.54) is 0 Å². The number of hydrogen-bond donors (Lipinski definition) is 3. The fourth-order valence-corrected chi connectivity index (χ4v) is 2.44. The van der Waals surface area contributed by atoms with E-state index in [0.29, 0.717) is 11.1 Å². The van der Waals surface area contributed by atoms with Crippen LogP contribution in [0.2, 0.25) is 0 Å². The molecule has 0 radical (unpaired) electrons. The van der Waals surface area contributed by atoms with E-state index in [0.717, 1.165) is 4.90 Å². The van der Waals surface area contributed by atoms with E-state index in [-0.39, 0.29) is 38.0 Å². The number of imide groups is 1. The molecule has 0 saturated heterocycles. The molecule has 0 aliphatic carbocycles. The third kappa shape index (κ3) is 5.70. The van der Waals surface area contributed by atoms with Crippen molar-refractivity contribution in [3.8, 4) is 0 Å². The number of alkyl carbamates (subject to hydrolysis) is 1. The van der Waals surface area contributed by atoms with Gasteiger partial charge in [0, 0.05) is 26.2 Å². The van der Waals surface area contributed by atoms with Crippen molar-refractivity contribution in [2.45, 2.75) is 26.4 Å². The normalized spacial score (nSPS) is 13.2. The minimum atomic E-state index is -0.584. The first-order valence-corrected chi connectivity index (χ1v) is 8.63. The van der Waals surface area contributed by atoms with Gasteiger partial charge in [-0.05, 0) is 32.9 Å². The summed E-state index contributed by atoms with van der Waals surface area (Å²) in [6, 6.07) is 6.15. The Hall–Kier alpha value is -3.10. The number of fused-ring (bicyclic) bond motifs is 1. The highest BCUT2D eigenvalue weighted by Gasteiger charge is 2.34. The molecule has 27 heavy (non-hydrogen) atoms. The van der Waals surface area contributed by atoms with Crippen LogP contribution >= 0.6 is 0 Å². The highest BCUT2D eigenvalue weighted by atomic mass is 16.6. The second-order valence-corrected chi connectivity index (χ2v) is 6.92. The summed E-state index contributed by atoms with van der Waals surface area (Å²) in [6.45, 7) is 5.89. The van der Waals surface area contributed by atoms with E-state index in [2.05, 4.69) is 16.0 Å². The number of rotatable bonds is 6. The third-order valence-electron chi connectivity index (χ3n) is 3.58. The van der Waals surface area contributed by atoms with Crippen LogP contribution in [0, 0.1) is 0 Å². The zero-order chi connectivity index (χ0) is 20.0. The monoisotopic (exact) mass is 376 g/mol. The molecule has 0 aromatic heterocycles. The highest BCUT2D eigenvalue weighted by Crippen LogP contribution is 2.21. The van der Waals surface area contributed by atoms with Crippen LogP contribution in [-0.2, 0) is 4.74 Å². The number of nitrogens with zero attached hydrogens (tertiary/aromatic N) is 1. The van der Waals surface area contributed by atoms with Crippen LogP contribution < -0.4 is 16.0 Å². The van der Waals surface area contributed by atoms with Crippen LogP contribution in [0.3, 0.4) is 0 Å². The SMILES string of the molecule is CC(C)(C)OC(=O)NCCNC(=O)NCCN1C(=O)c2ccccc2C1=O. The molecule has 0 fully saturated rings. The summed E-state index contributed by atoms with van der Waals surface area (Å²) < 4.78 is 5.07. The molecule has 1 aliphatic rings. The van der Waals surface area contributed by atoms with Crippen molar-refractivity contribution in [1.29, 1.82) is 0 Å². The van der Waals surface area contributed by atoms with E-state index in [1.54, 1.807) is 45.0 Å². The molecule has 3 N–H and O–H groups in total. The Kier molecular flexibility index (Phi) is 6.38. The number of ether oxygens (including phenoxy) is 1. The molecule has 1 heterocycles. The zero-order valence-electron chi connectivity index (χ0n) is 15.6. The molecule has 0 bridgehead atoms. The lowest BCUT2D eigenvalue weighted by Crippen LogP contribution is -2.44. The van der Waals surface area contributed by atoms with Crippen molar-refractivity contribution in [3.05, 3.63) is 35.4 Å². The maximum absolute atomic E-state index is 12.2. The summed E-state index contributed by atoms with van der Waals surface area (Å²) in [6.07, 6.45) is -0.560. The molecule has 1 aromatic rings. The lowest BCUT2D eigenvalue weighted by atomic mass is 10.1. The van der Waals surface area contributed by atoms with Gasteiger partial charge in [0.15, 0.2) is 0 Å². The molecule has 5 amide bonds. The first kappa shape index (κ1) is 20.2. The van der Waals surface area contributed by atoms with Gasteiger partial charge in [-0.3, -0.25) is 14.5 Å². The molecule has 0 unspecified atom stereocenters. The first-order chi connectivity index (χ1) is 12.7. The molecule has 1 aliphatic heterocycles. The Morgan fingerprint density at radius 1 is 0.926 bits per heavy atom. The maximum atomic E-state index is 12.2. The Labute approximate surface area is 157 Å². The average molecular weight is 376 g/mol. The second-order valence-electron chi connectivity index (χ2n) is 6.92. The van der Waals surface area contributed by atoms with Gasteiger partial charge in [0.1, 0.15) is 5.60 Å². The lowest BCUT2D eigenvalue weighted by molar-refractivity contribution is 0.0527. The van der Waals surface area contributed by atoms with Crippen molar-refractivity contribution in [2.75, 3.05) is 26.2 Å². The van der Waals surface area contributed by atoms with Gasteiger partial charge in [-0.2, -0.15) is 0 Å². The Morgan fingerprint density at radius 3 is 2.00 bits per heavy atom. The molecule has 146 valence electrons. The van der Waals surface area contributed by atoms with E-state index < -0.39 is 17.7 Å². The smallest absolute Gasteiger partial charge is 0.407 e. The van der Waals surface area contributed by atoms with E-state index in [9.17, 15) is 19.2 Å². The predicted molar refractivity (Wildman–Crippen MR) is 97.4 cm³/mol. The van der Waals surface area contributed by atoms with Crippen LogP contribution in [0.25, 0.3) is 0 Å². The number of carbonyl (C=O) groups is 4. The number of nitrogens with one attached hydrogen (secondary N) is 3. The maximum Gasteiger partial charge on any atom is 0.407 e. The summed E-state index contributed by atoms with van der Waals surface area (Å²) in [5.74, 6) is -0.723. The minimum Gasteiger partial charge on any atom is -0.444 e. The van der Waals surface area contributed by atoms with Gasteiger partial charge in [-0.1, -0.05) is 12.1 Å². The first-order valence-electron chi connectivity index (χ1n) is 8.63. The minimum absolute atomic E-state index is 0.0793. The average Bonchev–Trinajstić information content (AvgIpc) is 2.82. The van der Waals surface area contributed by atoms with Gasteiger partial charge in [0.05, 0.1) is 11.1 Å². The van der Waals surface area contributed by atoms with Gasteiger partial charge >= 0.3 is 12.1 Å². The van der Waals surface area contributed by atoms with Crippen LogP contribution in [0.1, 0.15) is 41.5 Å². The lowest BCUT2D eigenvalue weighted by Gasteiger charge is -2.19. The standard InChI is InChI=1S/C18H24N4O5/c1-18(2,3)27-17(26)21-9-8-19-16(25)20-10-11-22-14(23)12-6-4-5-7-13(12)15(22)24/h4-7H,8-11H2,1-3H3,(H,21,26)(H2,19,20,25). The number of urea groups is 1. The van der Waals surface area contributed by atoms with Crippen molar-refractivity contribution >= 4 is 23.9 Å². The summed E-state index contributed by atoms with van der Waals surface area (Å²) in [5, 5.41) is 7.64. The van der Waals surface area contributed by atoms with Gasteiger partial charge in [-0.25, -0.2) is 9.59 Å².